The molecule has 1 spiro atoms. The van der Waals surface area contributed by atoms with Gasteiger partial charge in [-0.2, -0.15) is 4.98 Å². The maximum atomic E-state index is 11.0. The molecule has 0 unspecified atom stereocenters. The molecule has 3 heterocycles. The van der Waals surface area contributed by atoms with Gasteiger partial charge in [-0.25, -0.2) is 9.98 Å². The molecule has 10 heteroatoms. The lowest BCUT2D eigenvalue weighted by Crippen LogP contribution is -2.58. The highest BCUT2D eigenvalue weighted by Gasteiger charge is 2.40. The van der Waals surface area contributed by atoms with E-state index in [-0.39, 0.29) is 12.1 Å². The number of hydrogen-bond donors (Lipinski definition) is 5. The van der Waals surface area contributed by atoms with E-state index in [9.17, 15) is 4.79 Å². The van der Waals surface area contributed by atoms with Crippen molar-refractivity contribution in [2.45, 2.75) is 24.9 Å². The number of anilines is 2. The van der Waals surface area contributed by atoms with Crippen LogP contribution in [0.1, 0.15) is 18.4 Å². The molecule has 2 aliphatic heterocycles. The fraction of sp³-hybridized carbons (Fsp3) is 0.368. The predicted molar refractivity (Wildman–Crippen MR) is 114 cm³/mol. The second kappa shape index (κ2) is 8.22. The second-order valence-electron chi connectivity index (χ2n) is 7.15. The van der Waals surface area contributed by atoms with Crippen LogP contribution in [0.25, 0.3) is 0 Å². The molecule has 2 aliphatic rings. The molecule has 4 rings (SSSR count). The summed E-state index contributed by atoms with van der Waals surface area (Å²) in [6, 6.07) is 7.74. The number of fused-ring (bicyclic) bond motifs is 1. The Morgan fingerprint density at radius 1 is 1.28 bits per heavy atom. The van der Waals surface area contributed by atoms with E-state index in [1.165, 1.54) is 0 Å². The summed E-state index contributed by atoms with van der Waals surface area (Å²) in [6.07, 6.45) is 3.46. The van der Waals surface area contributed by atoms with Crippen LogP contribution in [0.4, 0.5) is 17.5 Å². The average molecular weight is 415 g/mol. The van der Waals surface area contributed by atoms with Gasteiger partial charge in [0.15, 0.2) is 5.82 Å². The molecule has 1 amide bonds. The number of amidine groups is 1. The molecule has 152 valence electrons. The van der Waals surface area contributed by atoms with Crippen molar-refractivity contribution in [1.29, 1.82) is 0 Å². The van der Waals surface area contributed by atoms with Crippen LogP contribution >= 0.6 is 11.6 Å². The Bertz CT molecular complexity index is 942. The standard InChI is InChI=1S/C19H23ClN8O/c20-13-3-1-2-12(8-13)9-23-17-19(4-6-22-7-5-19)28-14-10-24-18(25-11-15(21)29)27-16(14)26-17/h1-3,8,10,22,28H,4-7,9,11H2,(H2,21,29)(H2,23,24,25,26,27). The summed E-state index contributed by atoms with van der Waals surface area (Å²) in [7, 11) is 0. The molecule has 1 aromatic carbocycles. The fourth-order valence-electron chi connectivity index (χ4n) is 3.58. The van der Waals surface area contributed by atoms with Gasteiger partial charge < -0.3 is 27.0 Å². The molecule has 1 aromatic heterocycles. The molecule has 6 N–H and O–H groups in total. The van der Waals surface area contributed by atoms with Gasteiger partial charge >= 0.3 is 0 Å². The first-order valence-electron chi connectivity index (χ1n) is 9.50. The van der Waals surface area contributed by atoms with Gasteiger partial charge in [0, 0.05) is 11.6 Å². The number of primary amides is 1. The summed E-state index contributed by atoms with van der Waals surface area (Å²) in [5.41, 5.74) is 6.71. The Morgan fingerprint density at radius 2 is 2.10 bits per heavy atom. The highest BCUT2D eigenvalue weighted by molar-refractivity contribution is 6.30. The van der Waals surface area contributed by atoms with Crippen LogP contribution in [-0.4, -0.2) is 46.9 Å². The van der Waals surface area contributed by atoms with E-state index >= 15 is 0 Å². The van der Waals surface area contributed by atoms with E-state index in [0.29, 0.717) is 23.3 Å². The van der Waals surface area contributed by atoms with Crippen molar-refractivity contribution in [1.82, 2.24) is 20.6 Å². The van der Waals surface area contributed by atoms with Crippen LogP contribution < -0.4 is 27.0 Å². The molecular weight excluding hydrogens is 392 g/mol. The lowest BCUT2D eigenvalue weighted by Gasteiger charge is -2.42. The zero-order valence-corrected chi connectivity index (χ0v) is 16.6. The van der Waals surface area contributed by atoms with Crippen molar-refractivity contribution in [3.8, 4) is 0 Å². The highest BCUT2D eigenvalue weighted by Crippen LogP contribution is 2.36. The molecule has 9 nitrogen and oxygen atoms in total. The molecule has 0 bridgehead atoms. The Morgan fingerprint density at radius 3 is 2.86 bits per heavy atom. The Kier molecular flexibility index (Phi) is 5.50. The van der Waals surface area contributed by atoms with Crippen LogP contribution in [-0.2, 0) is 11.3 Å². The van der Waals surface area contributed by atoms with Crippen molar-refractivity contribution < 1.29 is 4.79 Å². The number of piperidine rings is 1. The summed E-state index contributed by atoms with van der Waals surface area (Å²) in [5.74, 6) is 1.18. The van der Waals surface area contributed by atoms with Crippen molar-refractivity contribution in [2.24, 2.45) is 10.7 Å². The minimum absolute atomic E-state index is 0.0363. The smallest absolute Gasteiger partial charge is 0.236 e. The summed E-state index contributed by atoms with van der Waals surface area (Å²) in [4.78, 5) is 24.5. The molecule has 0 aliphatic carbocycles. The van der Waals surface area contributed by atoms with Crippen LogP contribution in [0.15, 0.2) is 35.5 Å². The van der Waals surface area contributed by atoms with Crippen LogP contribution in [0.3, 0.4) is 0 Å². The van der Waals surface area contributed by atoms with Crippen molar-refractivity contribution in [3.05, 3.63) is 41.0 Å². The number of aromatic nitrogens is 2. The van der Waals surface area contributed by atoms with Gasteiger partial charge in [0.05, 0.1) is 24.0 Å². The first kappa shape index (κ1) is 19.4. The Balaban J connectivity index is 1.61. The van der Waals surface area contributed by atoms with Crippen LogP contribution in [0.2, 0.25) is 5.02 Å². The van der Waals surface area contributed by atoms with Crippen molar-refractivity contribution in [2.75, 3.05) is 30.3 Å². The van der Waals surface area contributed by atoms with Gasteiger partial charge in [-0.3, -0.25) is 4.79 Å². The van der Waals surface area contributed by atoms with Crippen LogP contribution in [0.5, 0.6) is 0 Å². The quantitative estimate of drug-likeness (QED) is 0.500. The number of benzene rings is 1. The number of rotatable bonds is 5. The fourth-order valence-corrected chi connectivity index (χ4v) is 3.80. The number of nitrogens with two attached hydrogens (primary N) is 1. The Labute approximate surface area is 173 Å². The zero-order chi connectivity index (χ0) is 20.3. The third-order valence-electron chi connectivity index (χ3n) is 5.04. The molecule has 2 aromatic rings. The molecular formula is C19H23ClN8O. The molecule has 1 saturated heterocycles. The number of hydrogen-bond acceptors (Lipinski definition) is 8. The number of carbonyl (C=O) groups excluding carboxylic acids is 1. The van der Waals surface area contributed by atoms with E-state index in [4.69, 9.17) is 22.3 Å². The minimum atomic E-state index is -0.481. The van der Waals surface area contributed by atoms with Gasteiger partial charge in [-0.15, -0.1) is 0 Å². The molecule has 0 saturated carbocycles. The average Bonchev–Trinajstić information content (AvgIpc) is 2.71. The van der Waals surface area contributed by atoms with Gasteiger partial charge in [-0.1, -0.05) is 23.7 Å². The number of carbonyl (C=O) groups is 1. The lowest BCUT2D eigenvalue weighted by atomic mass is 9.85. The molecule has 1 fully saturated rings. The minimum Gasteiger partial charge on any atom is -0.368 e. The van der Waals surface area contributed by atoms with E-state index in [1.807, 2.05) is 24.3 Å². The van der Waals surface area contributed by atoms with E-state index in [1.54, 1.807) is 6.20 Å². The van der Waals surface area contributed by atoms with E-state index in [0.717, 1.165) is 43.0 Å². The summed E-state index contributed by atoms with van der Waals surface area (Å²) in [6.45, 7) is 2.34. The number of halogens is 1. The molecule has 29 heavy (non-hydrogen) atoms. The number of amides is 1. The number of nitrogens with zero attached hydrogens (tertiary/aromatic N) is 3. The zero-order valence-electron chi connectivity index (χ0n) is 15.8. The normalized spacial score (nSPS) is 17.1. The highest BCUT2D eigenvalue weighted by atomic mass is 35.5. The summed E-state index contributed by atoms with van der Waals surface area (Å²) < 4.78 is 0. The van der Waals surface area contributed by atoms with Gasteiger partial charge in [-0.05, 0) is 43.6 Å². The maximum absolute atomic E-state index is 11.0. The largest absolute Gasteiger partial charge is 0.368 e. The molecule has 0 atom stereocenters. The van der Waals surface area contributed by atoms with E-state index in [2.05, 4.69) is 31.2 Å². The maximum Gasteiger partial charge on any atom is 0.236 e. The topological polar surface area (TPSA) is 129 Å². The van der Waals surface area contributed by atoms with Gasteiger partial charge in [0.1, 0.15) is 5.84 Å². The third kappa shape index (κ3) is 4.41. The predicted octanol–water partition coefficient (Wildman–Crippen LogP) is 1.39. The lowest BCUT2D eigenvalue weighted by molar-refractivity contribution is -0.116. The van der Waals surface area contributed by atoms with Gasteiger partial charge in [0.25, 0.3) is 0 Å². The van der Waals surface area contributed by atoms with Crippen molar-refractivity contribution in [3.63, 3.8) is 0 Å². The Hall–Kier alpha value is -2.91. The monoisotopic (exact) mass is 414 g/mol. The first-order valence-corrected chi connectivity index (χ1v) is 9.87. The van der Waals surface area contributed by atoms with Crippen molar-refractivity contribution >= 4 is 40.8 Å². The third-order valence-corrected chi connectivity index (χ3v) is 5.28. The number of aliphatic imine (C=N–C) groups is 1. The molecule has 0 radical (unpaired) electrons. The summed E-state index contributed by atoms with van der Waals surface area (Å²) in [5, 5.41) is 14.0. The first-order chi connectivity index (χ1) is 14.0. The van der Waals surface area contributed by atoms with Gasteiger partial charge in [0.2, 0.25) is 11.9 Å². The van der Waals surface area contributed by atoms with Crippen LogP contribution in [0, 0.1) is 0 Å². The second-order valence-corrected chi connectivity index (χ2v) is 7.59. The van der Waals surface area contributed by atoms with E-state index < -0.39 is 5.91 Å². The number of nitrogens with one attached hydrogen (secondary N) is 4. The SMILES string of the molecule is NC(=O)CNc1ncc2c(n1)N=C(NCc1cccc(Cl)c1)C1(CCNCC1)N2. The summed E-state index contributed by atoms with van der Waals surface area (Å²) >= 11 is 6.11.